The molecular weight excluding hydrogens is 392 g/mol. The van der Waals surface area contributed by atoms with Gasteiger partial charge in [-0.05, 0) is 12.8 Å². The summed E-state index contributed by atoms with van der Waals surface area (Å²) >= 11 is 14.1. The van der Waals surface area contributed by atoms with Crippen LogP contribution in [0.15, 0.2) is 0 Å². The minimum absolute atomic E-state index is 0. The van der Waals surface area contributed by atoms with Crippen LogP contribution in [0, 0.1) is 5.92 Å². The fraction of sp³-hybridized carbons (Fsp3) is 1.00. The van der Waals surface area contributed by atoms with Gasteiger partial charge < -0.3 is 0 Å². The third kappa shape index (κ3) is 2.76. The van der Waals surface area contributed by atoms with Crippen LogP contribution in [-0.4, -0.2) is 6.47 Å². The summed E-state index contributed by atoms with van der Waals surface area (Å²) in [6.45, 7) is 6.44. The molecule has 4 heteroatoms. The van der Waals surface area contributed by atoms with Crippen LogP contribution >= 0.6 is 63.7 Å². The lowest BCUT2D eigenvalue weighted by Gasteiger charge is -2.35. The fourth-order valence-corrected chi connectivity index (χ4v) is 1.70. The van der Waals surface area contributed by atoms with Gasteiger partial charge in [-0.15, -0.1) is 0 Å². The molecule has 0 amide bonds. The molecule has 0 aromatic carbocycles. The Morgan fingerprint density at radius 3 is 1.30 bits per heavy atom. The van der Waals surface area contributed by atoms with E-state index in [-0.39, 0.29) is 6.47 Å². The van der Waals surface area contributed by atoms with Crippen LogP contribution < -0.4 is 0 Å². The smallest absolute Gasteiger partial charge is 0.0819 e. The normalized spacial score (nSPS) is 19.2. The van der Waals surface area contributed by atoms with E-state index in [9.17, 15) is 0 Å². The van der Waals surface area contributed by atoms with Crippen LogP contribution in [0.4, 0.5) is 0 Å². The highest BCUT2D eigenvalue weighted by atomic mass is 80.0. The zero-order valence-corrected chi connectivity index (χ0v) is 12.4. The molecule has 0 N–H and O–H groups in total. The first-order chi connectivity index (χ1) is 4.19. The fourth-order valence-electron chi connectivity index (χ4n) is 0.327. The van der Waals surface area contributed by atoms with Crippen molar-refractivity contribution in [3.05, 3.63) is 0 Å². The zero-order chi connectivity index (χ0) is 8.58. The number of hydrogen-bond acceptors (Lipinski definition) is 0. The number of hydrogen-bond donors (Lipinski definition) is 0. The molecule has 0 heterocycles. The highest BCUT2D eigenvalue weighted by Gasteiger charge is 2.42. The van der Waals surface area contributed by atoms with E-state index in [0.29, 0.717) is 5.92 Å². The molecule has 1 atom stereocenters. The largest absolute Gasteiger partial charge is 0.150 e. The summed E-state index contributed by atoms with van der Waals surface area (Å²) in [6, 6.07) is 0. The summed E-state index contributed by atoms with van der Waals surface area (Å²) in [4.78, 5) is 0. The Balaban J connectivity index is 4.40. The first kappa shape index (κ1) is 11.9. The van der Waals surface area contributed by atoms with Crippen molar-refractivity contribution in [1.82, 2.24) is 0 Å². The van der Waals surface area contributed by atoms with E-state index in [4.69, 9.17) is 0 Å². The number of rotatable bonds is 1. The summed E-state index contributed by atoms with van der Waals surface area (Å²) in [5.74, 6) is 0.533. The van der Waals surface area contributed by atoms with Gasteiger partial charge in [0.15, 0.2) is 0 Å². The molecule has 0 aromatic heterocycles. The Labute approximate surface area is 96.0 Å². The molecule has 62 valence electrons. The molecule has 1 unspecified atom stereocenters. The Morgan fingerprint density at radius 1 is 1.00 bits per heavy atom. The van der Waals surface area contributed by atoms with Crippen molar-refractivity contribution >= 4 is 63.7 Å². The quantitative estimate of drug-likeness (QED) is 0.562. The molecule has 0 aliphatic heterocycles. The predicted octanol–water partition coefficient (Wildman–Crippen LogP) is 4.63. The third-order valence-electron chi connectivity index (χ3n) is 1.64. The highest BCUT2D eigenvalue weighted by molar-refractivity contribution is 9.40. The van der Waals surface area contributed by atoms with E-state index < -0.39 is 0 Å². The molecule has 10 heavy (non-hydrogen) atoms. The van der Waals surface area contributed by atoms with Crippen molar-refractivity contribution in [2.24, 2.45) is 5.92 Å². The van der Waals surface area contributed by atoms with Crippen LogP contribution in [0.1, 0.15) is 20.8 Å². The van der Waals surface area contributed by atoms with Crippen molar-refractivity contribution in [1.29, 1.82) is 0 Å². The Bertz CT molecular complexity index is 111. The number of halogens is 4. The molecule has 0 spiro atoms. The molecule has 0 nitrogen and oxygen atoms in total. The first-order valence-electron chi connectivity index (χ1n) is 2.95. The van der Waals surface area contributed by atoms with Crippen LogP contribution in [0.2, 0.25) is 0 Å². The molecule has 0 radical (unpaired) electrons. The summed E-state index contributed by atoms with van der Waals surface area (Å²) in [7, 11) is 0. The second-order valence-electron chi connectivity index (χ2n) is 2.73. The van der Waals surface area contributed by atoms with Crippen molar-refractivity contribution in [3.8, 4) is 0 Å². The van der Waals surface area contributed by atoms with Crippen molar-refractivity contribution < 1.29 is 0 Å². The highest BCUT2D eigenvalue weighted by Crippen LogP contribution is 2.52. The monoisotopic (exact) mass is 398 g/mol. The van der Waals surface area contributed by atoms with Crippen LogP contribution in [0.5, 0.6) is 0 Å². The maximum Gasteiger partial charge on any atom is 0.150 e. The van der Waals surface area contributed by atoms with Gasteiger partial charge in [0.05, 0.1) is 4.32 Å². The van der Waals surface area contributed by atoms with Gasteiger partial charge in [-0.1, -0.05) is 77.6 Å². The second kappa shape index (κ2) is 3.75. The number of alkyl halides is 4. The van der Waals surface area contributed by atoms with E-state index in [2.05, 4.69) is 84.5 Å². The van der Waals surface area contributed by atoms with Crippen molar-refractivity contribution in [2.75, 3.05) is 0 Å². The zero-order valence-electron chi connectivity index (χ0n) is 6.09. The van der Waals surface area contributed by atoms with Crippen LogP contribution in [0.3, 0.4) is 0 Å². The first-order valence-corrected chi connectivity index (χ1v) is 6.12. The maximum atomic E-state index is 3.63. The van der Waals surface area contributed by atoms with E-state index >= 15 is 0 Å². The molecule has 0 saturated heterocycles. The summed E-state index contributed by atoms with van der Waals surface area (Å²) in [5.41, 5.74) is 0. The van der Waals surface area contributed by atoms with Gasteiger partial charge in [-0.25, -0.2) is 0 Å². The minimum atomic E-state index is -0.228. The Kier molecular flexibility index (Phi) is 4.47. The molecule has 0 bridgehead atoms. The lowest BCUT2D eigenvalue weighted by molar-refractivity contribution is 0.504. The van der Waals surface area contributed by atoms with Crippen molar-refractivity contribution in [3.63, 3.8) is 0 Å². The Hall–Kier alpha value is 1.92. The van der Waals surface area contributed by atoms with E-state index in [1.807, 2.05) is 0 Å². The summed E-state index contributed by atoms with van der Waals surface area (Å²) in [5, 5.41) is 0. The van der Waals surface area contributed by atoms with E-state index in [1.165, 1.54) is 0 Å². The van der Waals surface area contributed by atoms with E-state index in [1.54, 1.807) is 0 Å². The van der Waals surface area contributed by atoms with Gasteiger partial charge in [0.2, 0.25) is 0 Å². The molecule has 0 saturated carbocycles. The standard InChI is InChI=1S/C6H10Br4/c1-4(2)5(3,7)6(8,9)10/h4H,1-3H3. The molecule has 0 aromatic rings. The van der Waals surface area contributed by atoms with Gasteiger partial charge in [-0.3, -0.25) is 0 Å². The molecular formula is C6H10Br4. The van der Waals surface area contributed by atoms with E-state index in [0.717, 1.165) is 0 Å². The second-order valence-corrected chi connectivity index (χ2v) is 11.1. The lowest BCUT2D eigenvalue weighted by Crippen LogP contribution is -2.37. The van der Waals surface area contributed by atoms with Gasteiger partial charge in [-0.2, -0.15) is 0 Å². The van der Waals surface area contributed by atoms with Crippen molar-refractivity contribution in [2.45, 2.75) is 27.2 Å². The van der Waals surface area contributed by atoms with Crippen LogP contribution in [-0.2, 0) is 0 Å². The minimum Gasteiger partial charge on any atom is -0.0819 e. The molecule has 0 aliphatic rings. The summed E-state index contributed by atoms with van der Waals surface area (Å²) in [6.07, 6.45) is 0. The third-order valence-corrected chi connectivity index (χ3v) is 7.22. The molecule has 0 fully saturated rings. The molecule has 0 rings (SSSR count). The maximum absolute atomic E-state index is 3.63. The summed E-state index contributed by atoms with van der Waals surface area (Å²) < 4.78 is -0.228. The van der Waals surface area contributed by atoms with Gasteiger partial charge in [0.1, 0.15) is 2.14 Å². The lowest BCUT2D eigenvalue weighted by atomic mass is 10.0. The molecule has 0 aliphatic carbocycles. The topological polar surface area (TPSA) is 0 Å². The van der Waals surface area contributed by atoms with Gasteiger partial charge in [0, 0.05) is 0 Å². The SMILES string of the molecule is CC(C)C(C)(Br)C(Br)(Br)Br. The van der Waals surface area contributed by atoms with Gasteiger partial charge in [0.25, 0.3) is 0 Å². The van der Waals surface area contributed by atoms with Gasteiger partial charge >= 0.3 is 0 Å². The average molecular weight is 402 g/mol. The Morgan fingerprint density at radius 2 is 1.30 bits per heavy atom. The predicted molar refractivity (Wildman–Crippen MR) is 61.7 cm³/mol. The average Bonchev–Trinajstić information content (AvgIpc) is 1.62. The van der Waals surface area contributed by atoms with Crippen LogP contribution in [0.25, 0.3) is 0 Å².